The topological polar surface area (TPSA) is 76.1 Å². The quantitative estimate of drug-likeness (QED) is 0.623. The number of carbonyl (C=O) groups is 1. The first kappa shape index (κ1) is 18.0. The lowest BCUT2D eigenvalue weighted by Crippen LogP contribution is -2.26. The minimum atomic E-state index is -0.123. The van der Waals surface area contributed by atoms with Gasteiger partial charge in [-0.25, -0.2) is 4.98 Å². The summed E-state index contributed by atoms with van der Waals surface area (Å²) in [6, 6.07) is 9.42. The summed E-state index contributed by atoms with van der Waals surface area (Å²) < 4.78 is 4.95. The third kappa shape index (κ3) is 4.44. The molecule has 0 bridgehead atoms. The van der Waals surface area contributed by atoms with Crippen LogP contribution in [0.2, 0.25) is 0 Å². The predicted octanol–water partition coefficient (Wildman–Crippen LogP) is 3.63. The van der Waals surface area contributed by atoms with Gasteiger partial charge in [0, 0.05) is 48.2 Å². The van der Waals surface area contributed by atoms with E-state index in [1.807, 2.05) is 42.6 Å². The third-order valence-corrected chi connectivity index (χ3v) is 4.57. The van der Waals surface area contributed by atoms with Gasteiger partial charge >= 0.3 is 0 Å². The Hall–Kier alpha value is -2.77. The van der Waals surface area contributed by atoms with Gasteiger partial charge in [-0.2, -0.15) is 0 Å². The lowest BCUT2D eigenvalue weighted by Gasteiger charge is -2.10. The van der Waals surface area contributed by atoms with Crippen LogP contribution >= 0.6 is 11.3 Å². The van der Waals surface area contributed by atoms with Crippen molar-refractivity contribution in [1.29, 1.82) is 0 Å². The van der Waals surface area contributed by atoms with Crippen molar-refractivity contribution in [1.82, 2.24) is 15.3 Å². The van der Waals surface area contributed by atoms with Crippen molar-refractivity contribution in [3.8, 4) is 11.3 Å². The van der Waals surface area contributed by atoms with E-state index < -0.39 is 0 Å². The van der Waals surface area contributed by atoms with E-state index in [1.54, 1.807) is 19.5 Å². The van der Waals surface area contributed by atoms with Crippen LogP contribution in [0.4, 0.5) is 10.8 Å². The van der Waals surface area contributed by atoms with Gasteiger partial charge in [0.05, 0.1) is 12.3 Å². The molecule has 2 aromatic heterocycles. The van der Waals surface area contributed by atoms with E-state index in [1.165, 1.54) is 11.3 Å². The van der Waals surface area contributed by atoms with Crippen molar-refractivity contribution in [3.63, 3.8) is 0 Å². The maximum Gasteiger partial charge on any atom is 0.251 e. The molecule has 3 rings (SSSR count). The smallest absolute Gasteiger partial charge is 0.251 e. The van der Waals surface area contributed by atoms with Crippen molar-refractivity contribution in [2.75, 3.05) is 25.6 Å². The number of nitrogens with zero attached hydrogens (tertiary/aromatic N) is 2. The Morgan fingerprint density at radius 1 is 1.23 bits per heavy atom. The zero-order chi connectivity index (χ0) is 18.4. The normalized spacial score (nSPS) is 10.5. The predicted molar refractivity (Wildman–Crippen MR) is 104 cm³/mol. The van der Waals surface area contributed by atoms with E-state index in [-0.39, 0.29) is 5.91 Å². The molecule has 3 aromatic rings. The second kappa shape index (κ2) is 8.55. The number of rotatable bonds is 7. The van der Waals surface area contributed by atoms with Crippen molar-refractivity contribution in [2.45, 2.75) is 6.92 Å². The van der Waals surface area contributed by atoms with Crippen molar-refractivity contribution < 1.29 is 9.53 Å². The lowest BCUT2D eigenvalue weighted by molar-refractivity contribution is 0.0937. The summed E-state index contributed by atoms with van der Waals surface area (Å²) in [5.41, 5.74) is 4.41. The second-order valence-electron chi connectivity index (χ2n) is 5.68. The van der Waals surface area contributed by atoms with Gasteiger partial charge in [0.2, 0.25) is 0 Å². The van der Waals surface area contributed by atoms with Gasteiger partial charge < -0.3 is 15.4 Å². The van der Waals surface area contributed by atoms with Crippen LogP contribution in [0.5, 0.6) is 0 Å². The first-order valence-corrected chi connectivity index (χ1v) is 9.06. The molecule has 2 heterocycles. The fourth-order valence-corrected chi connectivity index (χ4v) is 3.10. The minimum Gasteiger partial charge on any atom is -0.383 e. The second-order valence-corrected chi connectivity index (χ2v) is 6.54. The molecule has 0 unspecified atom stereocenters. The molecule has 0 aliphatic rings. The van der Waals surface area contributed by atoms with Gasteiger partial charge in [-0.05, 0) is 36.8 Å². The van der Waals surface area contributed by atoms with E-state index >= 15 is 0 Å². The number of amides is 1. The number of ether oxygens (including phenoxy) is 1. The van der Waals surface area contributed by atoms with E-state index in [9.17, 15) is 4.79 Å². The number of aromatic nitrogens is 2. The third-order valence-electron chi connectivity index (χ3n) is 3.81. The van der Waals surface area contributed by atoms with Crippen LogP contribution in [0.3, 0.4) is 0 Å². The molecular formula is C19H20N4O2S. The first-order valence-electron chi connectivity index (χ1n) is 8.18. The number of pyridine rings is 1. The first-order chi connectivity index (χ1) is 12.7. The Kier molecular flexibility index (Phi) is 5.93. The molecule has 1 aromatic carbocycles. The van der Waals surface area contributed by atoms with Gasteiger partial charge in [-0.1, -0.05) is 6.07 Å². The van der Waals surface area contributed by atoms with Crippen LogP contribution in [0.15, 0.2) is 48.1 Å². The summed E-state index contributed by atoms with van der Waals surface area (Å²) >= 11 is 1.52. The number of thiazole rings is 1. The highest BCUT2D eigenvalue weighted by molar-refractivity contribution is 7.14. The van der Waals surface area contributed by atoms with Gasteiger partial charge in [-0.3, -0.25) is 9.78 Å². The molecular weight excluding hydrogens is 348 g/mol. The average Bonchev–Trinajstić information content (AvgIpc) is 3.13. The molecule has 0 radical (unpaired) electrons. The molecule has 0 saturated heterocycles. The van der Waals surface area contributed by atoms with Crippen LogP contribution in [-0.4, -0.2) is 36.1 Å². The molecule has 6 nitrogen and oxygen atoms in total. The van der Waals surface area contributed by atoms with Crippen LogP contribution < -0.4 is 10.6 Å². The summed E-state index contributed by atoms with van der Waals surface area (Å²) in [4.78, 5) is 20.8. The van der Waals surface area contributed by atoms with Gasteiger partial charge in [0.25, 0.3) is 5.91 Å². The fraction of sp³-hybridized carbons (Fsp3) is 0.211. The number of methoxy groups -OCH3 is 1. The van der Waals surface area contributed by atoms with Crippen LogP contribution in [-0.2, 0) is 4.74 Å². The Labute approximate surface area is 156 Å². The Balaban J connectivity index is 1.74. The Bertz CT molecular complexity index is 880. The summed E-state index contributed by atoms with van der Waals surface area (Å²) in [5.74, 6) is -0.123. The maximum atomic E-state index is 12.2. The molecule has 0 aliphatic heterocycles. The molecule has 134 valence electrons. The lowest BCUT2D eigenvalue weighted by atomic mass is 10.1. The van der Waals surface area contributed by atoms with Crippen molar-refractivity contribution in [2.24, 2.45) is 0 Å². The molecule has 0 aliphatic carbocycles. The molecule has 2 N–H and O–H groups in total. The van der Waals surface area contributed by atoms with E-state index in [2.05, 4.69) is 20.6 Å². The van der Waals surface area contributed by atoms with E-state index in [4.69, 9.17) is 4.74 Å². The summed E-state index contributed by atoms with van der Waals surface area (Å²) in [6.07, 6.45) is 3.50. The van der Waals surface area contributed by atoms with Crippen molar-refractivity contribution in [3.05, 3.63) is 59.2 Å². The number of hydrogen-bond acceptors (Lipinski definition) is 6. The highest BCUT2D eigenvalue weighted by Gasteiger charge is 2.10. The largest absolute Gasteiger partial charge is 0.383 e. The van der Waals surface area contributed by atoms with Crippen LogP contribution in [0.25, 0.3) is 11.3 Å². The molecule has 26 heavy (non-hydrogen) atoms. The molecule has 0 spiro atoms. The minimum absolute atomic E-state index is 0.123. The number of nitrogens with one attached hydrogen (secondary N) is 2. The van der Waals surface area contributed by atoms with Gasteiger partial charge in [0.1, 0.15) is 0 Å². The summed E-state index contributed by atoms with van der Waals surface area (Å²) in [6.45, 7) is 2.96. The number of hydrogen-bond donors (Lipinski definition) is 2. The van der Waals surface area contributed by atoms with Crippen LogP contribution in [0.1, 0.15) is 15.9 Å². The highest BCUT2D eigenvalue weighted by atomic mass is 32.1. The van der Waals surface area contributed by atoms with Crippen molar-refractivity contribution >= 4 is 28.1 Å². The van der Waals surface area contributed by atoms with E-state index in [0.717, 1.165) is 27.6 Å². The number of aryl methyl sites for hydroxylation is 1. The zero-order valence-corrected chi connectivity index (χ0v) is 15.5. The fourth-order valence-electron chi connectivity index (χ4n) is 2.37. The van der Waals surface area contributed by atoms with Gasteiger partial charge in [0.15, 0.2) is 5.13 Å². The highest BCUT2D eigenvalue weighted by Crippen LogP contribution is 2.28. The SMILES string of the molecule is COCCNC(=O)c1ccc(C)c(Nc2nc(-c3ccncc3)cs2)c1. The Morgan fingerprint density at radius 2 is 2.04 bits per heavy atom. The summed E-state index contributed by atoms with van der Waals surface area (Å²) in [5, 5.41) is 8.91. The number of carbonyl (C=O) groups excluding carboxylic acids is 1. The number of benzene rings is 1. The average molecular weight is 368 g/mol. The molecule has 7 heteroatoms. The Morgan fingerprint density at radius 3 is 2.81 bits per heavy atom. The number of anilines is 2. The molecule has 0 saturated carbocycles. The van der Waals surface area contributed by atoms with Gasteiger partial charge in [-0.15, -0.1) is 11.3 Å². The molecule has 0 atom stereocenters. The van der Waals surface area contributed by atoms with E-state index in [0.29, 0.717) is 18.7 Å². The van der Waals surface area contributed by atoms with Crippen LogP contribution in [0, 0.1) is 6.92 Å². The maximum absolute atomic E-state index is 12.2. The standard InChI is InChI=1S/C19H20N4O2S/c1-13-3-4-15(18(24)21-9-10-25-2)11-16(13)22-19-23-17(12-26-19)14-5-7-20-8-6-14/h3-8,11-12H,9-10H2,1-2H3,(H,21,24)(H,22,23). The summed E-state index contributed by atoms with van der Waals surface area (Å²) in [7, 11) is 1.61. The molecule has 0 fully saturated rings. The molecule has 1 amide bonds. The zero-order valence-electron chi connectivity index (χ0n) is 14.7. The monoisotopic (exact) mass is 368 g/mol.